The number of hydrogen-bond acceptors (Lipinski definition) is 9. The molecule has 0 bridgehead atoms. The fourth-order valence-corrected chi connectivity index (χ4v) is 2.23. The lowest BCUT2D eigenvalue weighted by Crippen LogP contribution is -2.43. The number of rotatable bonds is 19. The van der Waals surface area contributed by atoms with Crippen LogP contribution in [0, 0.1) is 6.57 Å². The molecule has 36 heavy (non-hydrogen) atoms. The molecule has 16 heteroatoms. The van der Waals surface area contributed by atoms with E-state index in [1.165, 1.54) is 6.07 Å². The smallest absolute Gasteiger partial charge is 0.492 e. The van der Waals surface area contributed by atoms with Crippen LogP contribution in [0.3, 0.4) is 0 Å². The minimum atomic E-state index is -5.41. The zero-order chi connectivity index (χ0) is 27.2. The third-order valence-electron chi connectivity index (χ3n) is 3.68. The molecule has 0 aliphatic heterocycles. The maximum Gasteiger partial charge on any atom is 0.495 e. The van der Waals surface area contributed by atoms with Crippen molar-refractivity contribution in [2.75, 3.05) is 52.9 Å². The number of benzene rings is 1. The van der Waals surface area contributed by atoms with E-state index in [0.717, 1.165) is 0 Å². The lowest BCUT2D eigenvalue weighted by Gasteiger charge is -2.25. The van der Waals surface area contributed by atoms with Gasteiger partial charge < -0.3 is 34.3 Å². The van der Waals surface area contributed by atoms with E-state index in [0.29, 0.717) is 11.4 Å². The van der Waals surface area contributed by atoms with Gasteiger partial charge in [0.25, 0.3) is 0 Å². The molecule has 2 unspecified atom stereocenters. The molecule has 0 fully saturated rings. The standard InChI is InChI=1S/C20H25F6NO9/c1-27-14-3-2-4-17(7-14)34-11-16(30)10-33-9-15(29)8-31-5-6-32-13-19(23,24)36-20(25,26)35-18(21,22)12-28/h2-4,7,15-16,28-30H,5-6,8-13H2. The number of aliphatic hydroxyl groups excluding tert-OH is 3. The van der Waals surface area contributed by atoms with Gasteiger partial charge in [0, 0.05) is 0 Å². The van der Waals surface area contributed by atoms with Crippen molar-refractivity contribution in [1.82, 2.24) is 0 Å². The molecule has 0 radical (unpaired) electrons. The summed E-state index contributed by atoms with van der Waals surface area (Å²) in [6.07, 6.45) is -17.1. The van der Waals surface area contributed by atoms with Gasteiger partial charge in [-0.3, -0.25) is 0 Å². The van der Waals surface area contributed by atoms with Crippen LogP contribution in [0.15, 0.2) is 24.3 Å². The van der Waals surface area contributed by atoms with Gasteiger partial charge in [0.1, 0.15) is 37.8 Å². The summed E-state index contributed by atoms with van der Waals surface area (Å²) in [5.74, 6) is 0.382. The molecule has 0 aliphatic rings. The van der Waals surface area contributed by atoms with E-state index in [-0.39, 0.29) is 33.0 Å². The Labute approximate surface area is 201 Å². The highest BCUT2D eigenvalue weighted by atomic mass is 19.3. The highest BCUT2D eigenvalue weighted by Gasteiger charge is 2.52. The Morgan fingerprint density at radius 1 is 0.833 bits per heavy atom. The van der Waals surface area contributed by atoms with Gasteiger partial charge in [-0.25, -0.2) is 14.3 Å². The van der Waals surface area contributed by atoms with Crippen LogP contribution in [0.4, 0.5) is 32.0 Å². The van der Waals surface area contributed by atoms with Gasteiger partial charge in [0.2, 0.25) is 0 Å². The second kappa shape index (κ2) is 15.1. The van der Waals surface area contributed by atoms with Gasteiger partial charge in [-0.2, -0.15) is 17.6 Å². The van der Waals surface area contributed by atoms with Crippen LogP contribution in [-0.4, -0.2) is 98.9 Å². The van der Waals surface area contributed by atoms with E-state index in [9.17, 15) is 36.6 Å². The molecule has 0 saturated carbocycles. The number of aliphatic hydroxyl groups is 3. The van der Waals surface area contributed by atoms with E-state index in [1.54, 1.807) is 18.2 Å². The molecular weight excluding hydrogens is 512 g/mol. The predicted octanol–water partition coefficient (Wildman–Crippen LogP) is 2.15. The van der Waals surface area contributed by atoms with Crippen LogP contribution in [0.1, 0.15) is 0 Å². The molecule has 1 aromatic rings. The second-order valence-electron chi connectivity index (χ2n) is 6.99. The van der Waals surface area contributed by atoms with Gasteiger partial charge in [0.05, 0.1) is 39.6 Å². The summed E-state index contributed by atoms with van der Waals surface area (Å²) in [7, 11) is 0. The van der Waals surface area contributed by atoms with E-state index < -0.39 is 50.5 Å². The Bertz CT molecular complexity index is 812. The molecular formula is C20H25F6NO9. The monoisotopic (exact) mass is 537 g/mol. The van der Waals surface area contributed by atoms with Crippen molar-refractivity contribution in [2.24, 2.45) is 0 Å². The van der Waals surface area contributed by atoms with Crippen LogP contribution >= 0.6 is 0 Å². The van der Waals surface area contributed by atoms with Crippen molar-refractivity contribution in [1.29, 1.82) is 0 Å². The number of alkyl halides is 6. The summed E-state index contributed by atoms with van der Waals surface area (Å²) < 4.78 is 103. The summed E-state index contributed by atoms with van der Waals surface area (Å²) in [6.45, 7) is 1.14. The number of hydrogen-bond donors (Lipinski definition) is 3. The molecule has 0 aromatic heterocycles. The van der Waals surface area contributed by atoms with Gasteiger partial charge in [0.15, 0.2) is 5.69 Å². The third kappa shape index (κ3) is 14.4. The molecule has 1 rings (SSSR count). The molecule has 1 aromatic carbocycles. The summed E-state index contributed by atoms with van der Waals surface area (Å²) in [4.78, 5) is 3.24. The minimum Gasteiger partial charge on any atom is -0.492 e. The Morgan fingerprint density at radius 3 is 2.06 bits per heavy atom. The van der Waals surface area contributed by atoms with Crippen LogP contribution < -0.4 is 4.74 Å². The summed E-state index contributed by atoms with van der Waals surface area (Å²) in [5.41, 5.74) is 0.367. The molecule has 0 heterocycles. The van der Waals surface area contributed by atoms with E-state index in [4.69, 9.17) is 25.9 Å². The SMILES string of the molecule is [C-]#[N+]c1cccc(OCC(O)COCC(O)COCCOCC(F)(F)OC(F)(F)OC(F)(F)CO)c1. The largest absolute Gasteiger partial charge is 0.495 e. The van der Waals surface area contributed by atoms with Gasteiger partial charge in [-0.1, -0.05) is 12.1 Å². The highest BCUT2D eigenvalue weighted by Crippen LogP contribution is 2.33. The highest BCUT2D eigenvalue weighted by molar-refractivity contribution is 5.48. The topological polar surface area (TPSA) is 120 Å². The van der Waals surface area contributed by atoms with Crippen molar-refractivity contribution in [3.8, 4) is 5.75 Å². The number of nitrogens with zero attached hydrogens (tertiary/aromatic N) is 1. The van der Waals surface area contributed by atoms with Gasteiger partial charge in [-0.15, -0.1) is 8.78 Å². The van der Waals surface area contributed by atoms with E-state index >= 15 is 0 Å². The van der Waals surface area contributed by atoms with Crippen molar-refractivity contribution in [2.45, 2.75) is 30.7 Å². The zero-order valence-electron chi connectivity index (χ0n) is 18.6. The first-order chi connectivity index (χ1) is 16.8. The first kappa shape index (κ1) is 31.8. The zero-order valence-corrected chi connectivity index (χ0v) is 18.6. The molecule has 3 N–H and O–H groups in total. The predicted molar refractivity (Wildman–Crippen MR) is 107 cm³/mol. The molecule has 2 atom stereocenters. The van der Waals surface area contributed by atoms with E-state index in [2.05, 4.69) is 19.1 Å². The van der Waals surface area contributed by atoms with Crippen molar-refractivity contribution < 1.29 is 70.1 Å². The van der Waals surface area contributed by atoms with Crippen molar-refractivity contribution >= 4 is 5.69 Å². The Morgan fingerprint density at radius 2 is 1.42 bits per heavy atom. The third-order valence-corrected chi connectivity index (χ3v) is 3.68. The lowest BCUT2D eigenvalue weighted by atomic mass is 10.3. The van der Waals surface area contributed by atoms with Gasteiger partial charge in [-0.05, 0) is 12.1 Å². The van der Waals surface area contributed by atoms with Crippen molar-refractivity contribution in [3.63, 3.8) is 0 Å². The average Bonchev–Trinajstić information content (AvgIpc) is 2.78. The first-order valence-electron chi connectivity index (χ1n) is 10.1. The normalized spacial score (nSPS) is 14.3. The maximum absolute atomic E-state index is 13.3. The van der Waals surface area contributed by atoms with Crippen molar-refractivity contribution in [3.05, 3.63) is 35.7 Å². The molecule has 0 saturated heterocycles. The molecule has 0 amide bonds. The number of ether oxygens (including phenoxy) is 6. The molecule has 0 aliphatic carbocycles. The van der Waals surface area contributed by atoms with Crippen LogP contribution in [0.25, 0.3) is 4.85 Å². The quantitative estimate of drug-likeness (QED) is 0.106. The summed E-state index contributed by atoms with van der Waals surface area (Å²) in [5, 5.41) is 27.6. The molecule has 206 valence electrons. The Kier molecular flexibility index (Phi) is 13.4. The van der Waals surface area contributed by atoms with Crippen LogP contribution in [0.2, 0.25) is 0 Å². The van der Waals surface area contributed by atoms with Crippen LogP contribution in [0.5, 0.6) is 5.75 Å². The first-order valence-corrected chi connectivity index (χ1v) is 10.1. The summed E-state index contributed by atoms with van der Waals surface area (Å²) in [6, 6.07) is 6.29. The van der Waals surface area contributed by atoms with Crippen LogP contribution in [-0.2, 0) is 23.7 Å². The average molecular weight is 537 g/mol. The number of halogens is 6. The molecule has 10 nitrogen and oxygen atoms in total. The maximum atomic E-state index is 13.3. The minimum absolute atomic E-state index is 0.137. The van der Waals surface area contributed by atoms with Gasteiger partial charge >= 0.3 is 18.5 Å². The Hall–Kier alpha value is -2.23. The Balaban J connectivity index is 2.13. The lowest BCUT2D eigenvalue weighted by molar-refractivity contribution is -0.517. The molecule has 0 spiro atoms. The van der Waals surface area contributed by atoms with E-state index in [1.807, 2.05) is 0 Å². The second-order valence-corrected chi connectivity index (χ2v) is 6.99. The fourth-order valence-electron chi connectivity index (χ4n) is 2.23. The summed E-state index contributed by atoms with van der Waals surface area (Å²) >= 11 is 0. The fraction of sp³-hybridized carbons (Fsp3) is 0.650.